The Bertz CT molecular complexity index is 942. The number of amides is 2. The number of carbonyl (C=O) groups excluding carboxylic acids is 2. The number of fused-ring (bicyclic) bond motifs is 1. The molecule has 154 valence electrons. The van der Waals surface area contributed by atoms with Gasteiger partial charge in [0.1, 0.15) is 18.0 Å². The number of nitrogens with one attached hydrogen (secondary N) is 1. The Kier molecular flexibility index (Phi) is 5.77. The van der Waals surface area contributed by atoms with E-state index in [1.165, 1.54) is 0 Å². The largest absolute Gasteiger partial charge is 0.489 e. The molecule has 2 heterocycles. The number of pyridine rings is 1. The number of aromatic nitrogens is 1. The molecule has 0 saturated heterocycles. The Morgan fingerprint density at radius 3 is 2.76 bits per heavy atom. The molecule has 1 aliphatic rings. The van der Waals surface area contributed by atoms with Crippen LogP contribution in [0.4, 0.5) is 4.79 Å². The Labute approximate surface area is 170 Å². The van der Waals surface area contributed by atoms with Crippen LogP contribution < -0.4 is 15.8 Å². The Hall–Kier alpha value is -3.09. The minimum absolute atomic E-state index is 0.103. The van der Waals surface area contributed by atoms with Crippen molar-refractivity contribution in [2.45, 2.75) is 46.3 Å². The summed E-state index contributed by atoms with van der Waals surface area (Å²) in [5, 5.41) is 2.81. The molecular weight excluding hydrogens is 370 g/mol. The van der Waals surface area contributed by atoms with Crippen LogP contribution >= 0.6 is 0 Å². The topological polar surface area (TPSA) is 104 Å². The number of nitrogens with two attached hydrogens (primary N) is 1. The number of nitrogens with zero attached hydrogens (tertiary/aromatic N) is 1. The Morgan fingerprint density at radius 2 is 2.10 bits per heavy atom. The second kappa shape index (κ2) is 8.11. The van der Waals surface area contributed by atoms with Gasteiger partial charge in [0.15, 0.2) is 0 Å². The van der Waals surface area contributed by atoms with Gasteiger partial charge in [-0.3, -0.25) is 9.78 Å². The molecule has 1 aromatic heterocycles. The number of aryl methyl sites for hydroxylation is 1. The molecule has 3 N–H and O–H groups in total. The summed E-state index contributed by atoms with van der Waals surface area (Å²) in [6.45, 7) is 8.51. The number of ether oxygens (including phenoxy) is 2. The number of primary amides is 1. The van der Waals surface area contributed by atoms with Gasteiger partial charge in [-0.25, -0.2) is 4.79 Å². The first-order chi connectivity index (χ1) is 13.7. The standard InChI is InChI=1S/C22H27N3O4/c1-13(2)10-22(4,29-21(23)27)12-28-18-6-5-15(9-14(18)3)16-7-8-24-17-11-25-20(26)19(16)17/h5-9,13H,10-12H2,1-4H3,(H2,23,27)(H,25,26)/t22-/m0/s1. The Balaban J connectivity index is 1.81. The molecule has 0 saturated carbocycles. The van der Waals surface area contributed by atoms with Crippen molar-refractivity contribution in [3.63, 3.8) is 0 Å². The predicted octanol–water partition coefficient (Wildman–Crippen LogP) is 3.58. The summed E-state index contributed by atoms with van der Waals surface area (Å²) in [5.74, 6) is 0.896. The van der Waals surface area contributed by atoms with E-state index in [1.807, 2.05) is 52.0 Å². The number of benzene rings is 1. The van der Waals surface area contributed by atoms with E-state index in [-0.39, 0.29) is 12.5 Å². The second-order valence-corrected chi connectivity index (χ2v) is 8.10. The molecule has 7 heteroatoms. The van der Waals surface area contributed by atoms with E-state index in [0.717, 1.165) is 22.4 Å². The van der Waals surface area contributed by atoms with Gasteiger partial charge in [0, 0.05) is 6.20 Å². The molecule has 0 unspecified atom stereocenters. The molecular formula is C22H27N3O4. The van der Waals surface area contributed by atoms with Crippen molar-refractivity contribution in [1.82, 2.24) is 10.3 Å². The van der Waals surface area contributed by atoms with E-state index in [9.17, 15) is 9.59 Å². The van der Waals surface area contributed by atoms with Crippen LogP contribution in [0.3, 0.4) is 0 Å². The smallest absolute Gasteiger partial charge is 0.405 e. The van der Waals surface area contributed by atoms with Crippen molar-refractivity contribution in [1.29, 1.82) is 0 Å². The highest BCUT2D eigenvalue weighted by molar-refractivity contribution is 6.04. The van der Waals surface area contributed by atoms with Gasteiger partial charge in [-0.05, 0) is 61.1 Å². The molecule has 0 fully saturated rings. The Morgan fingerprint density at radius 1 is 1.34 bits per heavy atom. The minimum Gasteiger partial charge on any atom is -0.489 e. The summed E-state index contributed by atoms with van der Waals surface area (Å²) in [7, 11) is 0. The third kappa shape index (κ3) is 4.67. The van der Waals surface area contributed by atoms with E-state index < -0.39 is 11.7 Å². The second-order valence-electron chi connectivity index (χ2n) is 8.10. The normalized spacial score (nSPS) is 14.9. The van der Waals surface area contributed by atoms with Crippen LogP contribution in [-0.4, -0.2) is 29.2 Å². The fourth-order valence-corrected chi connectivity index (χ4v) is 3.83. The fraction of sp³-hybridized carbons (Fsp3) is 0.409. The zero-order valence-electron chi connectivity index (χ0n) is 17.2. The lowest BCUT2D eigenvalue weighted by atomic mass is 9.94. The van der Waals surface area contributed by atoms with Crippen LogP contribution in [0.1, 0.15) is 48.8 Å². The summed E-state index contributed by atoms with van der Waals surface area (Å²) in [6, 6.07) is 7.60. The molecule has 1 aromatic carbocycles. The van der Waals surface area contributed by atoms with E-state index in [1.54, 1.807) is 6.20 Å². The van der Waals surface area contributed by atoms with Crippen molar-refractivity contribution >= 4 is 12.0 Å². The number of hydrogen-bond donors (Lipinski definition) is 2. The van der Waals surface area contributed by atoms with Crippen LogP contribution in [-0.2, 0) is 11.3 Å². The number of rotatable bonds is 7. The molecule has 2 amide bonds. The first kappa shape index (κ1) is 20.6. The third-order valence-electron chi connectivity index (χ3n) is 4.88. The maximum absolute atomic E-state index is 12.2. The van der Waals surface area contributed by atoms with E-state index in [0.29, 0.717) is 30.2 Å². The van der Waals surface area contributed by atoms with E-state index >= 15 is 0 Å². The predicted molar refractivity (Wildman–Crippen MR) is 110 cm³/mol. The average molecular weight is 397 g/mol. The SMILES string of the molecule is Cc1cc(-c2ccnc3c2C(=O)NC3)ccc1OC[C@](C)(CC(C)C)OC(N)=O. The molecule has 7 nitrogen and oxygen atoms in total. The van der Waals surface area contributed by atoms with Gasteiger partial charge in [0.05, 0.1) is 17.8 Å². The lowest BCUT2D eigenvalue weighted by Crippen LogP contribution is -2.41. The first-order valence-electron chi connectivity index (χ1n) is 9.67. The fourth-order valence-electron chi connectivity index (χ4n) is 3.83. The van der Waals surface area contributed by atoms with Gasteiger partial charge in [0.2, 0.25) is 0 Å². The van der Waals surface area contributed by atoms with Crippen LogP contribution in [0.2, 0.25) is 0 Å². The molecule has 1 aliphatic heterocycles. The summed E-state index contributed by atoms with van der Waals surface area (Å²) in [5.41, 5.74) is 8.50. The highest BCUT2D eigenvalue weighted by Crippen LogP contribution is 2.32. The van der Waals surface area contributed by atoms with Crippen LogP contribution in [0.5, 0.6) is 5.75 Å². The van der Waals surface area contributed by atoms with Gasteiger partial charge in [-0.15, -0.1) is 0 Å². The monoisotopic (exact) mass is 397 g/mol. The molecule has 2 aromatic rings. The average Bonchev–Trinajstić information content (AvgIpc) is 3.00. The van der Waals surface area contributed by atoms with Crippen molar-refractivity contribution in [2.24, 2.45) is 11.7 Å². The van der Waals surface area contributed by atoms with E-state index in [2.05, 4.69) is 10.3 Å². The molecule has 1 atom stereocenters. The van der Waals surface area contributed by atoms with Crippen LogP contribution in [0, 0.1) is 12.8 Å². The van der Waals surface area contributed by atoms with Gasteiger partial charge in [-0.1, -0.05) is 19.9 Å². The lowest BCUT2D eigenvalue weighted by molar-refractivity contribution is -0.0187. The summed E-state index contributed by atoms with van der Waals surface area (Å²) < 4.78 is 11.3. The first-order valence-corrected chi connectivity index (χ1v) is 9.67. The summed E-state index contributed by atoms with van der Waals surface area (Å²) in [6.07, 6.45) is 1.53. The summed E-state index contributed by atoms with van der Waals surface area (Å²) >= 11 is 0. The lowest BCUT2D eigenvalue weighted by Gasteiger charge is -2.30. The zero-order chi connectivity index (χ0) is 21.2. The van der Waals surface area contributed by atoms with Crippen molar-refractivity contribution in [3.8, 4) is 16.9 Å². The molecule has 3 rings (SSSR count). The van der Waals surface area contributed by atoms with Crippen LogP contribution in [0.15, 0.2) is 30.5 Å². The number of carbonyl (C=O) groups is 2. The molecule has 0 aliphatic carbocycles. The van der Waals surface area contributed by atoms with Crippen molar-refractivity contribution < 1.29 is 19.1 Å². The highest BCUT2D eigenvalue weighted by Gasteiger charge is 2.31. The van der Waals surface area contributed by atoms with Crippen molar-refractivity contribution in [2.75, 3.05) is 6.61 Å². The molecule has 0 radical (unpaired) electrons. The van der Waals surface area contributed by atoms with Gasteiger partial charge >= 0.3 is 6.09 Å². The quantitative estimate of drug-likeness (QED) is 0.743. The van der Waals surface area contributed by atoms with Gasteiger partial charge in [0.25, 0.3) is 5.91 Å². The molecule has 0 spiro atoms. The maximum Gasteiger partial charge on any atom is 0.405 e. The highest BCUT2D eigenvalue weighted by atomic mass is 16.6. The third-order valence-corrected chi connectivity index (χ3v) is 4.88. The maximum atomic E-state index is 12.2. The summed E-state index contributed by atoms with van der Waals surface area (Å²) in [4.78, 5) is 27.8. The van der Waals surface area contributed by atoms with Gasteiger partial charge < -0.3 is 20.5 Å². The molecule has 29 heavy (non-hydrogen) atoms. The minimum atomic E-state index is -0.811. The van der Waals surface area contributed by atoms with Gasteiger partial charge in [-0.2, -0.15) is 0 Å². The van der Waals surface area contributed by atoms with E-state index in [4.69, 9.17) is 15.2 Å². The van der Waals surface area contributed by atoms with Crippen LogP contribution in [0.25, 0.3) is 11.1 Å². The molecule has 0 bridgehead atoms. The van der Waals surface area contributed by atoms with Crippen molar-refractivity contribution in [3.05, 3.63) is 47.3 Å². The zero-order valence-corrected chi connectivity index (χ0v) is 17.2. The number of hydrogen-bond acceptors (Lipinski definition) is 5.